The summed E-state index contributed by atoms with van der Waals surface area (Å²) in [6.45, 7) is -1.11. The molecule has 0 aliphatic heterocycles. The van der Waals surface area contributed by atoms with Gasteiger partial charge in [-0.1, -0.05) is 54.9 Å². The van der Waals surface area contributed by atoms with Crippen molar-refractivity contribution in [2.45, 2.75) is 55.2 Å². The van der Waals surface area contributed by atoms with Crippen LogP contribution in [0.1, 0.15) is 32.1 Å². The van der Waals surface area contributed by atoms with Crippen LogP contribution >= 0.6 is 11.8 Å². The highest BCUT2D eigenvalue weighted by Crippen LogP contribution is 2.34. The Labute approximate surface area is 148 Å². The van der Waals surface area contributed by atoms with Gasteiger partial charge in [-0.3, -0.25) is 4.79 Å². The first-order chi connectivity index (χ1) is 11.9. The maximum Gasteiger partial charge on any atom is 0.406 e. The van der Waals surface area contributed by atoms with Crippen molar-refractivity contribution >= 4 is 17.5 Å². The van der Waals surface area contributed by atoms with Crippen LogP contribution < -0.4 is 0 Å². The van der Waals surface area contributed by atoms with Gasteiger partial charge in [0, 0.05) is 6.42 Å². The van der Waals surface area contributed by atoms with Crippen LogP contribution in [0.15, 0.2) is 41.7 Å². The lowest BCUT2D eigenvalue weighted by atomic mass is 10.2. The molecule has 25 heavy (non-hydrogen) atoms. The molecule has 0 bridgehead atoms. The van der Waals surface area contributed by atoms with Crippen molar-refractivity contribution in [1.29, 1.82) is 0 Å². The molecule has 1 aliphatic rings. The van der Waals surface area contributed by atoms with Crippen LogP contribution in [0, 0.1) is 0 Å². The summed E-state index contributed by atoms with van der Waals surface area (Å²) in [7, 11) is 0. The fourth-order valence-electron chi connectivity index (χ4n) is 3.00. The molecule has 1 aromatic heterocycles. The van der Waals surface area contributed by atoms with Gasteiger partial charge in [-0.2, -0.15) is 13.2 Å². The number of nitrogens with zero attached hydrogens (tertiary/aromatic N) is 2. The van der Waals surface area contributed by atoms with Gasteiger partial charge in [0.15, 0.2) is 5.16 Å². The molecule has 1 heterocycles. The number of ketones is 1. The van der Waals surface area contributed by atoms with E-state index in [4.69, 9.17) is 0 Å². The Hall–Kier alpha value is -1.76. The van der Waals surface area contributed by atoms with Crippen molar-refractivity contribution in [3.05, 3.63) is 36.5 Å². The number of hydrogen-bond donors (Lipinski definition) is 0. The summed E-state index contributed by atoms with van der Waals surface area (Å²) in [6.07, 6.45) is 1.09. The summed E-state index contributed by atoms with van der Waals surface area (Å²) in [5.41, 5.74) is 1.10. The highest BCUT2D eigenvalue weighted by molar-refractivity contribution is 8.00. The third kappa shape index (κ3) is 4.66. The van der Waals surface area contributed by atoms with Gasteiger partial charge in [-0.25, -0.2) is 4.98 Å². The fraction of sp³-hybridized carbons (Fsp3) is 0.444. The van der Waals surface area contributed by atoms with Crippen LogP contribution in [-0.4, -0.2) is 26.8 Å². The molecule has 0 amide bonds. The number of Topliss-reactive ketones (excluding diaryl/α,β-unsaturated/α-hetero) is 1. The number of alkyl halides is 3. The molecule has 1 saturated carbocycles. The van der Waals surface area contributed by atoms with E-state index in [-0.39, 0.29) is 16.2 Å². The average molecular weight is 368 g/mol. The summed E-state index contributed by atoms with van der Waals surface area (Å²) in [5.74, 6) is 0.116. The topological polar surface area (TPSA) is 34.9 Å². The molecular weight excluding hydrogens is 349 g/mol. The van der Waals surface area contributed by atoms with Crippen LogP contribution in [0.4, 0.5) is 13.2 Å². The Balaban J connectivity index is 1.93. The van der Waals surface area contributed by atoms with Crippen molar-refractivity contribution in [3.63, 3.8) is 0 Å². The van der Waals surface area contributed by atoms with Gasteiger partial charge in [-0.05, 0) is 18.4 Å². The molecule has 2 aromatic rings. The minimum absolute atomic E-state index is 0.116. The van der Waals surface area contributed by atoms with Crippen molar-refractivity contribution in [3.8, 4) is 11.3 Å². The normalized spacial score (nSPS) is 19.0. The van der Waals surface area contributed by atoms with Crippen LogP contribution in [-0.2, 0) is 11.3 Å². The summed E-state index contributed by atoms with van der Waals surface area (Å²) >= 11 is 1.17. The highest BCUT2D eigenvalue weighted by atomic mass is 32.2. The molecule has 0 saturated heterocycles. The molecule has 1 aromatic carbocycles. The largest absolute Gasteiger partial charge is 0.406 e. The number of benzene rings is 1. The fourth-order valence-corrected chi connectivity index (χ4v) is 4.20. The van der Waals surface area contributed by atoms with E-state index in [1.807, 2.05) is 6.07 Å². The quantitative estimate of drug-likeness (QED) is 0.704. The maximum atomic E-state index is 13.1. The SMILES string of the molecule is O=C1CCCCCC1Sc1ncc(-c2ccccc2)n1CC(F)(F)F. The standard InChI is InChI=1S/C18H19F3N2OS/c19-18(20,21)12-23-14(13-7-3-1-4-8-13)11-22-17(23)25-16-10-6-2-5-9-15(16)24/h1,3-4,7-8,11,16H,2,5-6,9-10,12H2. The van der Waals surface area contributed by atoms with Crippen LogP contribution in [0.5, 0.6) is 0 Å². The molecule has 1 aliphatic carbocycles. The molecule has 0 spiro atoms. The lowest BCUT2D eigenvalue weighted by Gasteiger charge is -2.17. The van der Waals surface area contributed by atoms with Gasteiger partial charge in [0.2, 0.25) is 0 Å². The maximum absolute atomic E-state index is 13.1. The van der Waals surface area contributed by atoms with E-state index in [0.717, 1.165) is 19.3 Å². The summed E-state index contributed by atoms with van der Waals surface area (Å²) in [5, 5.41) is -0.0445. The van der Waals surface area contributed by atoms with Crippen LogP contribution in [0.2, 0.25) is 0 Å². The minimum atomic E-state index is -4.35. The predicted octanol–water partition coefficient (Wildman–Crippen LogP) is 5.11. The third-order valence-electron chi connectivity index (χ3n) is 4.22. The Bertz CT molecular complexity index is 728. The number of halogens is 3. The number of carbonyl (C=O) groups excluding carboxylic acids is 1. The number of imidazole rings is 1. The highest BCUT2D eigenvalue weighted by Gasteiger charge is 2.32. The molecule has 0 radical (unpaired) electrons. The zero-order chi connectivity index (χ0) is 17.9. The molecule has 134 valence electrons. The number of carbonyl (C=O) groups is 1. The lowest BCUT2D eigenvalue weighted by Crippen LogP contribution is -2.21. The van der Waals surface area contributed by atoms with Gasteiger partial charge < -0.3 is 4.57 Å². The third-order valence-corrected chi connectivity index (χ3v) is 5.54. The lowest BCUT2D eigenvalue weighted by molar-refractivity contribution is -0.141. The monoisotopic (exact) mass is 368 g/mol. The minimum Gasteiger partial charge on any atom is -0.310 e. The van der Waals surface area contributed by atoms with Crippen LogP contribution in [0.3, 0.4) is 0 Å². The molecule has 7 heteroatoms. The van der Waals surface area contributed by atoms with E-state index in [9.17, 15) is 18.0 Å². The predicted molar refractivity (Wildman–Crippen MR) is 91.5 cm³/mol. The molecule has 3 rings (SSSR count). The zero-order valence-corrected chi connectivity index (χ0v) is 14.4. The van der Waals surface area contributed by atoms with Gasteiger partial charge in [-0.15, -0.1) is 0 Å². The second kappa shape index (κ2) is 7.64. The Morgan fingerprint density at radius 2 is 1.92 bits per heavy atom. The zero-order valence-electron chi connectivity index (χ0n) is 13.6. The van der Waals surface area contributed by atoms with Crippen LogP contribution in [0.25, 0.3) is 11.3 Å². The van der Waals surface area contributed by atoms with Gasteiger partial charge in [0.25, 0.3) is 0 Å². The average Bonchev–Trinajstić information content (AvgIpc) is 2.82. The number of rotatable bonds is 4. The molecule has 3 nitrogen and oxygen atoms in total. The van der Waals surface area contributed by atoms with E-state index in [1.54, 1.807) is 24.3 Å². The van der Waals surface area contributed by atoms with Crippen molar-refractivity contribution in [2.24, 2.45) is 0 Å². The van der Waals surface area contributed by atoms with Crippen molar-refractivity contribution < 1.29 is 18.0 Å². The Morgan fingerprint density at radius 3 is 2.64 bits per heavy atom. The smallest absolute Gasteiger partial charge is 0.310 e. The molecule has 1 fully saturated rings. The van der Waals surface area contributed by atoms with Crippen molar-refractivity contribution in [1.82, 2.24) is 9.55 Å². The van der Waals surface area contributed by atoms with E-state index < -0.39 is 12.7 Å². The Morgan fingerprint density at radius 1 is 1.16 bits per heavy atom. The first-order valence-corrected chi connectivity index (χ1v) is 9.19. The second-order valence-corrected chi connectivity index (χ2v) is 7.34. The number of hydrogen-bond acceptors (Lipinski definition) is 3. The van der Waals surface area contributed by atoms with Gasteiger partial charge in [0.1, 0.15) is 12.3 Å². The van der Waals surface area contributed by atoms with Gasteiger partial charge in [0.05, 0.1) is 17.1 Å². The molecule has 1 atom stereocenters. The number of thioether (sulfide) groups is 1. The summed E-state index contributed by atoms with van der Waals surface area (Å²) in [6, 6.07) is 8.89. The first kappa shape index (κ1) is 18.0. The second-order valence-electron chi connectivity index (χ2n) is 6.17. The summed E-state index contributed by atoms with van der Waals surface area (Å²) in [4.78, 5) is 16.4. The summed E-state index contributed by atoms with van der Waals surface area (Å²) < 4.78 is 40.4. The molecule has 1 unspecified atom stereocenters. The molecule has 0 N–H and O–H groups in total. The van der Waals surface area contributed by atoms with Gasteiger partial charge >= 0.3 is 6.18 Å². The van der Waals surface area contributed by atoms with E-state index in [2.05, 4.69) is 4.98 Å². The first-order valence-electron chi connectivity index (χ1n) is 8.31. The molecular formula is C18H19F3N2OS. The number of aromatic nitrogens is 2. The van der Waals surface area contributed by atoms with E-state index >= 15 is 0 Å². The van der Waals surface area contributed by atoms with Crippen molar-refractivity contribution in [2.75, 3.05) is 0 Å². The van der Waals surface area contributed by atoms with E-state index in [0.29, 0.717) is 24.1 Å². The van der Waals surface area contributed by atoms with E-state index in [1.165, 1.54) is 22.5 Å². The Kier molecular flexibility index (Phi) is 5.51.